The zero-order valence-corrected chi connectivity index (χ0v) is 18.0. The Kier molecular flexibility index (Phi) is 4.29. The minimum Gasteiger partial charge on any atom is -0.322 e. The van der Waals surface area contributed by atoms with Crippen molar-refractivity contribution in [3.8, 4) is 16.9 Å². The monoisotopic (exact) mass is 438 g/mol. The van der Waals surface area contributed by atoms with E-state index in [2.05, 4.69) is 20.1 Å². The highest BCUT2D eigenvalue weighted by atomic mass is 19.1. The molecular weight excluding hydrogens is 419 g/mol. The fourth-order valence-corrected chi connectivity index (χ4v) is 4.06. The summed E-state index contributed by atoms with van der Waals surface area (Å²) >= 11 is 0. The third-order valence-corrected chi connectivity index (χ3v) is 5.68. The lowest BCUT2D eigenvalue weighted by Crippen LogP contribution is -2.03. The number of hydrogen-bond acceptors (Lipinski definition) is 5. The molecule has 6 aromatic rings. The molecule has 0 aliphatic heterocycles. The van der Waals surface area contributed by atoms with Gasteiger partial charge in [0.25, 0.3) is 0 Å². The average Bonchev–Trinajstić information content (AvgIpc) is 3.50. The first kappa shape index (κ1) is 19.3. The van der Waals surface area contributed by atoms with Crippen LogP contribution in [0.15, 0.2) is 67.4 Å². The summed E-state index contributed by atoms with van der Waals surface area (Å²) in [5.41, 5.74) is 6.38. The van der Waals surface area contributed by atoms with Crippen molar-refractivity contribution in [2.75, 3.05) is 0 Å². The predicted octanol–water partition coefficient (Wildman–Crippen LogP) is 4.06. The van der Waals surface area contributed by atoms with Crippen LogP contribution < -0.4 is 0 Å². The number of benzene rings is 1. The van der Waals surface area contributed by atoms with Crippen LogP contribution in [0.25, 0.3) is 39.3 Å². The molecule has 0 aliphatic rings. The number of aryl methyl sites for hydroxylation is 2. The van der Waals surface area contributed by atoms with Gasteiger partial charge in [-0.1, -0.05) is 12.1 Å². The van der Waals surface area contributed by atoms with Crippen molar-refractivity contribution < 1.29 is 4.39 Å². The first-order chi connectivity index (χ1) is 16.0. The fraction of sp³-hybridized carbons (Fsp3) is 0.125. The van der Waals surface area contributed by atoms with E-state index in [1.165, 1.54) is 12.1 Å². The number of imidazole rings is 1. The Morgan fingerprint density at radius 3 is 2.73 bits per heavy atom. The fourth-order valence-electron chi connectivity index (χ4n) is 4.06. The van der Waals surface area contributed by atoms with Gasteiger partial charge in [0, 0.05) is 31.5 Å². The van der Waals surface area contributed by atoms with Crippen LogP contribution >= 0.6 is 0 Å². The molecule has 0 saturated heterocycles. The molecule has 8 nitrogen and oxygen atoms in total. The SMILES string of the molecule is Cc1nc2ncc(-n3ccc4ncc(-c5cnn(C)c5)nc43)cc2n1Cc1cccc(F)c1. The van der Waals surface area contributed by atoms with E-state index in [-0.39, 0.29) is 5.82 Å². The number of hydrogen-bond donors (Lipinski definition) is 0. The summed E-state index contributed by atoms with van der Waals surface area (Å²) in [5.74, 6) is 0.560. The third kappa shape index (κ3) is 3.34. The van der Waals surface area contributed by atoms with Crippen molar-refractivity contribution in [1.82, 2.24) is 38.9 Å². The van der Waals surface area contributed by atoms with Gasteiger partial charge in [-0.05, 0) is 36.8 Å². The van der Waals surface area contributed by atoms with E-state index in [0.717, 1.165) is 45.0 Å². The summed E-state index contributed by atoms with van der Waals surface area (Å²) in [6.07, 6.45) is 9.14. The normalized spacial score (nSPS) is 11.6. The largest absolute Gasteiger partial charge is 0.322 e. The standard InChI is InChI=1S/C24H19FN8/c1-15-29-23-22(33(15)13-16-4-3-5-18(25)8-16)9-19(11-27-23)32-7-6-20-24(32)30-21(12-26-20)17-10-28-31(2)14-17/h3-12,14H,13H2,1-2H3. The summed E-state index contributed by atoms with van der Waals surface area (Å²) in [6.45, 7) is 2.43. The molecule has 0 aliphatic carbocycles. The second-order valence-corrected chi connectivity index (χ2v) is 7.96. The maximum atomic E-state index is 13.7. The van der Waals surface area contributed by atoms with Crippen LogP contribution in [0.1, 0.15) is 11.4 Å². The first-order valence-electron chi connectivity index (χ1n) is 10.5. The van der Waals surface area contributed by atoms with Crippen LogP contribution in [-0.2, 0) is 13.6 Å². The molecule has 9 heteroatoms. The van der Waals surface area contributed by atoms with Gasteiger partial charge in [0.05, 0.1) is 35.5 Å². The highest BCUT2D eigenvalue weighted by Crippen LogP contribution is 2.24. The summed E-state index contributed by atoms with van der Waals surface area (Å²) in [5, 5.41) is 4.23. The number of nitrogens with zero attached hydrogens (tertiary/aromatic N) is 8. The lowest BCUT2D eigenvalue weighted by Gasteiger charge is -2.09. The van der Waals surface area contributed by atoms with Crippen molar-refractivity contribution in [2.45, 2.75) is 13.5 Å². The van der Waals surface area contributed by atoms with Gasteiger partial charge in [0.15, 0.2) is 11.3 Å². The van der Waals surface area contributed by atoms with Gasteiger partial charge in [-0.2, -0.15) is 5.10 Å². The Morgan fingerprint density at radius 1 is 1.00 bits per heavy atom. The topological polar surface area (TPSA) is 79.2 Å². The molecule has 1 aromatic carbocycles. The van der Waals surface area contributed by atoms with E-state index < -0.39 is 0 Å². The molecule has 0 N–H and O–H groups in total. The molecule has 6 rings (SSSR count). The first-order valence-corrected chi connectivity index (χ1v) is 10.5. The van der Waals surface area contributed by atoms with Crippen LogP contribution in [-0.4, -0.2) is 38.9 Å². The molecule has 5 heterocycles. The molecule has 0 atom stereocenters. The summed E-state index contributed by atoms with van der Waals surface area (Å²) in [6, 6.07) is 10.6. The van der Waals surface area contributed by atoms with Crippen LogP contribution in [0.2, 0.25) is 0 Å². The Balaban J connectivity index is 1.46. The number of pyridine rings is 1. The number of halogens is 1. The molecule has 0 radical (unpaired) electrons. The summed E-state index contributed by atoms with van der Waals surface area (Å²) in [4.78, 5) is 18.6. The van der Waals surface area contributed by atoms with Gasteiger partial charge >= 0.3 is 0 Å². The minimum absolute atomic E-state index is 0.254. The maximum absolute atomic E-state index is 13.7. The van der Waals surface area contributed by atoms with Gasteiger partial charge in [0.1, 0.15) is 17.2 Å². The van der Waals surface area contributed by atoms with Gasteiger partial charge in [-0.15, -0.1) is 0 Å². The van der Waals surface area contributed by atoms with Crippen LogP contribution in [0, 0.1) is 12.7 Å². The van der Waals surface area contributed by atoms with Crippen molar-refractivity contribution in [1.29, 1.82) is 0 Å². The van der Waals surface area contributed by atoms with E-state index in [1.807, 2.05) is 53.7 Å². The zero-order chi connectivity index (χ0) is 22.5. The van der Waals surface area contributed by atoms with Crippen molar-refractivity contribution in [3.63, 3.8) is 0 Å². The Hall–Kier alpha value is -4.40. The molecule has 33 heavy (non-hydrogen) atoms. The van der Waals surface area contributed by atoms with Gasteiger partial charge in [0.2, 0.25) is 0 Å². The van der Waals surface area contributed by atoms with Crippen molar-refractivity contribution >= 4 is 22.3 Å². The third-order valence-electron chi connectivity index (χ3n) is 5.68. The van der Waals surface area contributed by atoms with Crippen LogP contribution in [0.3, 0.4) is 0 Å². The molecular formula is C24H19FN8. The molecule has 5 aromatic heterocycles. The van der Waals surface area contributed by atoms with Gasteiger partial charge in [-0.3, -0.25) is 14.2 Å². The highest BCUT2D eigenvalue weighted by molar-refractivity contribution is 5.79. The second kappa shape index (κ2) is 7.33. The van der Waals surface area contributed by atoms with Crippen LogP contribution in [0.5, 0.6) is 0 Å². The molecule has 162 valence electrons. The Labute approximate surface area is 188 Å². The maximum Gasteiger partial charge on any atom is 0.178 e. The van der Waals surface area contributed by atoms with E-state index in [1.54, 1.807) is 29.3 Å². The van der Waals surface area contributed by atoms with E-state index in [9.17, 15) is 4.39 Å². The number of rotatable bonds is 4. The summed E-state index contributed by atoms with van der Waals surface area (Å²) < 4.78 is 19.4. The molecule has 0 unspecified atom stereocenters. The minimum atomic E-state index is -0.254. The second-order valence-electron chi connectivity index (χ2n) is 7.96. The zero-order valence-electron chi connectivity index (χ0n) is 18.0. The Bertz CT molecular complexity index is 1640. The van der Waals surface area contributed by atoms with Crippen molar-refractivity contribution in [2.24, 2.45) is 7.05 Å². The molecule has 0 amide bonds. The number of aromatic nitrogens is 8. The molecule has 0 fully saturated rings. The quantitative estimate of drug-likeness (QED) is 0.415. The van der Waals surface area contributed by atoms with E-state index in [4.69, 9.17) is 4.98 Å². The molecule has 0 saturated carbocycles. The van der Waals surface area contributed by atoms with Crippen molar-refractivity contribution in [3.05, 3.63) is 84.6 Å². The molecule has 0 spiro atoms. The average molecular weight is 438 g/mol. The molecule has 0 bridgehead atoms. The summed E-state index contributed by atoms with van der Waals surface area (Å²) in [7, 11) is 1.87. The predicted molar refractivity (Wildman–Crippen MR) is 122 cm³/mol. The highest BCUT2D eigenvalue weighted by Gasteiger charge is 2.14. The lowest BCUT2D eigenvalue weighted by molar-refractivity contribution is 0.623. The smallest absolute Gasteiger partial charge is 0.178 e. The lowest BCUT2D eigenvalue weighted by atomic mass is 10.2. The Morgan fingerprint density at radius 2 is 1.91 bits per heavy atom. The number of fused-ring (bicyclic) bond motifs is 2. The van der Waals surface area contributed by atoms with E-state index >= 15 is 0 Å². The van der Waals surface area contributed by atoms with Gasteiger partial charge in [-0.25, -0.2) is 19.3 Å². The van der Waals surface area contributed by atoms with E-state index in [0.29, 0.717) is 12.2 Å². The van der Waals surface area contributed by atoms with Gasteiger partial charge < -0.3 is 4.57 Å². The van der Waals surface area contributed by atoms with Crippen LogP contribution in [0.4, 0.5) is 4.39 Å².